The molecule has 9 nitrogen and oxygen atoms in total. The lowest BCUT2D eigenvalue weighted by atomic mass is 9.92. The number of nitrogens with zero attached hydrogens (tertiary/aromatic N) is 3. The van der Waals surface area contributed by atoms with Gasteiger partial charge in [-0.1, -0.05) is 0 Å². The maximum atomic E-state index is 13.7. The number of carboxylic acid groups (broad SMARTS) is 1. The van der Waals surface area contributed by atoms with Crippen LogP contribution in [0.2, 0.25) is 0 Å². The first kappa shape index (κ1) is 25.4. The van der Waals surface area contributed by atoms with Gasteiger partial charge in [0.2, 0.25) is 0 Å². The Kier molecular flexibility index (Phi) is 6.37. The van der Waals surface area contributed by atoms with Crippen LogP contribution in [-0.4, -0.2) is 72.2 Å². The fourth-order valence-corrected chi connectivity index (χ4v) is 3.96. The van der Waals surface area contributed by atoms with Gasteiger partial charge in [-0.15, -0.1) is 0 Å². The van der Waals surface area contributed by atoms with Crippen LogP contribution in [0.3, 0.4) is 0 Å². The standard InChI is InChI=1S/C17H20F3N5O2.C2HF3O2/c1-9-15(26)23-22-14-6-27-13-4-10(17(18,19)20)11(5-12(13)25(9)14)21-16(2)7-24(3)8-16;3-2(4,5)1(6)7/h4-5,9,21H,6-8H2,1-3H3,(H,23,26);(H,6,7)/t9-;/m1./s1. The molecule has 1 atom stereocenters. The van der Waals surface area contributed by atoms with Crippen molar-refractivity contribution in [1.29, 1.82) is 0 Å². The van der Waals surface area contributed by atoms with Crippen molar-refractivity contribution < 1.29 is 45.8 Å². The Bertz CT molecular complexity index is 1020. The Morgan fingerprint density at radius 2 is 1.85 bits per heavy atom. The van der Waals surface area contributed by atoms with E-state index in [1.807, 2.05) is 18.9 Å². The van der Waals surface area contributed by atoms with E-state index in [-0.39, 0.29) is 24.0 Å². The van der Waals surface area contributed by atoms with E-state index in [2.05, 4.69) is 15.8 Å². The number of hydrazone groups is 1. The minimum Gasteiger partial charge on any atom is -0.483 e. The number of ether oxygens (including phenoxy) is 1. The zero-order valence-corrected chi connectivity index (χ0v) is 18.1. The fraction of sp³-hybridized carbons (Fsp3) is 0.526. The molecule has 0 aromatic heterocycles. The molecule has 34 heavy (non-hydrogen) atoms. The van der Waals surface area contributed by atoms with Crippen molar-refractivity contribution in [2.45, 2.75) is 37.8 Å². The predicted molar refractivity (Wildman–Crippen MR) is 108 cm³/mol. The molecular formula is C19H21F6N5O4. The normalized spacial score (nSPS) is 21.4. The molecule has 3 N–H and O–H groups in total. The summed E-state index contributed by atoms with van der Waals surface area (Å²) in [5, 5.41) is 14.1. The second-order valence-electron chi connectivity index (χ2n) is 8.36. The Morgan fingerprint density at radius 1 is 1.26 bits per heavy atom. The molecule has 188 valence electrons. The highest BCUT2D eigenvalue weighted by atomic mass is 19.4. The Morgan fingerprint density at radius 3 is 2.35 bits per heavy atom. The maximum Gasteiger partial charge on any atom is 0.490 e. The first-order chi connectivity index (χ1) is 15.5. The number of likely N-dealkylation sites (tertiary alicyclic amines) is 1. The summed E-state index contributed by atoms with van der Waals surface area (Å²) in [5.41, 5.74) is 1.53. The van der Waals surface area contributed by atoms with Gasteiger partial charge in [-0.2, -0.15) is 31.4 Å². The van der Waals surface area contributed by atoms with Gasteiger partial charge in [-0.3, -0.25) is 4.79 Å². The van der Waals surface area contributed by atoms with Gasteiger partial charge in [0.1, 0.15) is 18.4 Å². The van der Waals surface area contributed by atoms with Gasteiger partial charge >= 0.3 is 18.3 Å². The van der Waals surface area contributed by atoms with Crippen LogP contribution in [0, 0.1) is 0 Å². The second kappa shape index (κ2) is 8.52. The van der Waals surface area contributed by atoms with Crippen molar-refractivity contribution in [3.05, 3.63) is 17.7 Å². The van der Waals surface area contributed by atoms with E-state index >= 15 is 0 Å². The molecule has 0 saturated carbocycles. The SMILES string of the molecule is C[C@@H]1C(=O)NN=C2COc3cc(C(F)(F)F)c(NC4(C)CN(C)C4)cc3N21.O=C(O)C(F)(F)F. The molecule has 4 rings (SSSR count). The molecule has 3 aliphatic heterocycles. The molecule has 1 saturated heterocycles. The van der Waals surface area contributed by atoms with Crippen molar-refractivity contribution in [3.8, 4) is 5.75 Å². The van der Waals surface area contributed by atoms with E-state index in [0.29, 0.717) is 24.6 Å². The van der Waals surface area contributed by atoms with Gasteiger partial charge in [-0.25, -0.2) is 10.2 Å². The van der Waals surface area contributed by atoms with E-state index < -0.39 is 35.5 Å². The number of amides is 1. The molecule has 1 aromatic rings. The number of alkyl halides is 6. The number of hydrogen-bond acceptors (Lipinski definition) is 7. The molecule has 3 heterocycles. The highest BCUT2D eigenvalue weighted by molar-refractivity contribution is 6.09. The third kappa shape index (κ3) is 5.13. The van der Waals surface area contributed by atoms with E-state index in [9.17, 15) is 31.1 Å². The van der Waals surface area contributed by atoms with Crippen molar-refractivity contribution >= 4 is 29.1 Å². The monoisotopic (exact) mass is 497 g/mol. The fourth-order valence-electron chi connectivity index (χ4n) is 3.96. The van der Waals surface area contributed by atoms with Crippen LogP contribution in [-0.2, 0) is 15.8 Å². The molecule has 0 unspecified atom stereocenters. The van der Waals surface area contributed by atoms with E-state index in [1.54, 1.807) is 11.8 Å². The van der Waals surface area contributed by atoms with E-state index in [4.69, 9.17) is 14.6 Å². The van der Waals surface area contributed by atoms with Gasteiger partial charge in [0.25, 0.3) is 5.91 Å². The lowest BCUT2D eigenvalue weighted by Gasteiger charge is -2.48. The molecule has 1 fully saturated rings. The van der Waals surface area contributed by atoms with Gasteiger partial charge in [-0.05, 0) is 33.0 Å². The van der Waals surface area contributed by atoms with E-state index in [1.165, 1.54) is 6.07 Å². The predicted octanol–water partition coefficient (Wildman–Crippen LogP) is 2.49. The first-order valence-corrected chi connectivity index (χ1v) is 9.82. The minimum absolute atomic E-state index is 0.00972. The van der Waals surface area contributed by atoms with Crippen LogP contribution in [0.1, 0.15) is 19.4 Å². The topological polar surface area (TPSA) is 106 Å². The Hall–Kier alpha value is -3.23. The third-order valence-corrected chi connectivity index (χ3v) is 5.28. The molecule has 1 amide bonds. The summed E-state index contributed by atoms with van der Waals surface area (Å²) < 4.78 is 78.2. The molecular weight excluding hydrogens is 476 g/mol. The van der Waals surface area contributed by atoms with Gasteiger partial charge < -0.3 is 25.0 Å². The average Bonchev–Trinajstić information content (AvgIpc) is 2.67. The summed E-state index contributed by atoms with van der Waals surface area (Å²) in [6.45, 7) is 4.81. The summed E-state index contributed by atoms with van der Waals surface area (Å²) in [7, 11) is 1.91. The molecule has 3 aliphatic rings. The summed E-state index contributed by atoms with van der Waals surface area (Å²) in [4.78, 5) is 24.5. The number of aliphatic carboxylic acids is 1. The number of amidine groups is 1. The zero-order valence-electron chi connectivity index (χ0n) is 18.1. The van der Waals surface area contributed by atoms with Crippen LogP contribution < -0.4 is 20.4 Å². The van der Waals surface area contributed by atoms with Crippen LogP contribution in [0.4, 0.5) is 37.7 Å². The van der Waals surface area contributed by atoms with Crippen LogP contribution in [0.15, 0.2) is 17.2 Å². The number of carbonyl (C=O) groups excluding carboxylic acids is 1. The van der Waals surface area contributed by atoms with Crippen molar-refractivity contribution in [1.82, 2.24) is 10.3 Å². The number of halogens is 6. The number of hydrogen-bond donors (Lipinski definition) is 3. The number of rotatable bonds is 2. The van der Waals surface area contributed by atoms with Crippen molar-refractivity contribution in [2.75, 3.05) is 37.0 Å². The number of benzene rings is 1. The highest BCUT2D eigenvalue weighted by Gasteiger charge is 2.43. The maximum absolute atomic E-state index is 13.7. The first-order valence-electron chi connectivity index (χ1n) is 9.82. The van der Waals surface area contributed by atoms with Crippen molar-refractivity contribution in [2.24, 2.45) is 5.10 Å². The van der Waals surface area contributed by atoms with Gasteiger partial charge in [0.15, 0.2) is 5.84 Å². The Labute approximate surface area is 189 Å². The second-order valence-corrected chi connectivity index (χ2v) is 8.36. The summed E-state index contributed by atoms with van der Waals surface area (Å²) in [5.74, 6) is -2.54. The van der Waals surface area contributed by atoms with Gasteiger partial charge in [0.05, 0.1) is 16.8 Å². The number of fused-ring (bicyclic) bond motifs is 3. The lowest BCUT2D eigenvalue weighted by molar-refractivity contribution is -0.192. The van der Waals surface area contributed by atoms with Crippen LogP contribution in [0.5, 0.6) is 5.75 Å². The molecule has 15 heteroatoms. The number of nitrogens with one attached hydrogen (secondary N) is 2. The van der Waals surface area contributed by atoms with E-state index in [0.717, 1.165) is 6.07 Å². The molecule has 0 spiro atoms. The lowest BCUT2D eigenvalue weighted by Crippen LogP contribution is -2.62. The molecule has 0 radical (unpaired) electrons. The van der Waals surface area contributed by atoms with Crippen LogP contribution >= 0.6 is 0 Å². The number of likely N-dealkylation sites (N-methyl/N-ethyl adjacent to an activating group) is 1. The summed E-state index contributed by atoms with van der Waals surface area (Å²) >= 11 is 0. The van der Waals surface area contributed by atoms with Crippen LogP contribution in [0.25, 0.3) is 0 Å². The minimum atomic E-state index is -5.08. The quantitative estimate of drug-likeness (QED) is 0.539. The highest BCUT2D eigenvalue weighted by Crippen LogP contribution is 2.45. The zero-order chi connectivity index (χ0) is 25.6. The smallest absolute Gasteiger partial charge is 0.483 e. The summed E-state index contributed by atoms with van der Waals surface area (Å²) in [6.07, 6.45) is -9.62. The third-order valence-electron chi connectivity index (χ3n) is 5.28. The largest absolute Gasteiger partial charge is 0.490 e. The molecule has 0 bridgehead atoms. The number of carbonyl (C=O) groups is 2. The van der Waals surface area contributed by atoms with Gasteiger partial charge in [0, 0.05) is 18.8 Å². The van der Waals surface area contributed by atoms with Crippen molar-refractivity contribution in [3.63, 3.8) is 0 Å². The Balaban J connectivity index is 0.000000406. The number of carboxylic acids is 1. The molecule has 0 aliphatic carbocycles. The summed E-state index contributed by atoms with van der Waals surface area (Å²) in [6, 6.07) is 1.81. The average molecular weight is 497 g/mol. The number of anilines is 2. The molecule has 1 aromatic carbocycles.